The Bertz CT molecular complexity index is 257. The summed E-state index contributed by atoms with van der Waals surface area (Å²) in [5.41, 5.74) is 6.51. The third-order valence-corrected chi connectivity index (χ3v) is 2.69. The third kappa shape index (κ3) is 4.79. The molecule has 0 aromatic heterocycles. The van der Waals surface area contributed by atoms with Crippen molar-refractivity contribution in [2.45, 2.75) is 41.0 Å². The number of hydrogen-bond donors (Lipinski definition) is 1. The van der Waals surface area contributed by atoms with E-state index in [1.54, 1.807) is 0 Å². The Morgan fingerprint density at radius 3 is 2.31 bits per heavy atom. The van der Waals surface area contributed by atoms with E-state index >= 15 is 0 Å². The highest BCUT2D eigenvalue weighted by atomic mass is 16.2. The second kappa shape index (κ2) is 6.69. The van der Waals surface area contributed by atoms with Crippen LogP contribution < -0.4 is 5.73 Å². The van der Waals surface area contributed by atoms with Crippen LogP contribution in [0.15, 0.2) is 11.6 Å². The maximum atomic E-state index is 12.1. The standard InChI is InChI=1S/C13H26N2O/c1-6-8-11(3)12(16)15(7-2)10-13(4,5)9-14/h8H,6-7,9-10,14H2,1-5H3. The van der Waals surface area contributed by atoms with Crippen molar-refractivity contribution >= 4 is 5.91 Å². The Hall–Kier alpha value is -0.830. The highest BCUT2D eigenvalue weighted by Crippen LogP contribution is 2.16. The van der Waals surface area contributed by atoms with Crippen molar-refractivity contribution in [3.8, 4) is 0 Å². The van der Waals surface area contributed by atoms with Gasteiger partial charge < -0.3 is 10.6 Å². The Morgan fingerprint density at radius 2 is 1.94 bits per heavy atom. The van der Waals surface area contributed by atoms with E-state index in [0.717, 1.165) is 18.5 Å². The number of rotatable bonds is 6. The normalized spacial score (nSPS) is 12.8. The molecule has 2 N–H and O–H groups in total. The summed E-state index contributed by atoms with van der Waals surface area (Å²) < 4.78 is 0. The first kappa shape index (κ1) is 15.2. The number of nitrogens with zero attached hydrogens (tertiary/aromatic N) is 1. The third-order valence-electron chi connectivity index (χ3n) is 2.69. The fraction of sp³-hybridized carbons (Fsp3) is 0.769. The van der Waals surface area contributed by atoms with Crippen LogP contribution in [-0.4, -0.2) is 30.4 Å². The molecule has 0 radical (unpaired) electrons. The molecule has 0 aliphatic heterocycles. The largest absolute Gasteiger partial charge is 0.339 e. The number of nitrogens with two attached hydrogens (primary N) is 1. The molecule has 0 heterocycles. The van der Waals surface area contributed by atoms with Gasteiger partial charge in [0.15, 0.2) is 0 Å². The van der Waals surface area contributed by atoms with Crippen molar-refractivity contribution in [2.75, 3.05) is 19.6 Å². The molecule has 0 aromatic rings. The van der Waals surface area contributed by atoms with Gasteiger partial charge in [-0.1, -0.05) is 26.8 Å². The van der Waals surface area contributed by atoms with Crippen LogP contribution in [0.25, 0.3) is 0 Å². The van der Waals surface area contributed by atoms with Gasteiger partial charge in [-0.2, -0.15) is 0 Å². The summed E-state index contributed by atoms with van der Waals surface area (Å²) in [4.78, 5) is 13.9. The minimum absolute atomic E-state index is 0.0157. The molecule has 0 fully saturated rings. The van der Waals surface area contributed by atoms with E-state index < -0.39 is 0 Å². The maximum absolute atomic E-state index is 12.1. The Labute approximate surface area is 99.7 Å². The topological polar surface area (TPSA) is 46.3 Å². The molecule has 94 valence electrons. The minimum atomic E-state index is -0.0157. The van der Waals surface area contributed by atoms with Gasteiger partial charge in [0.25, 0.3) is 0 Å². The fourth-order valence-electron chi connectivity index (χ4n) is 1.55. The zero-order valence-corrected chi connectivity index (χ0v) is 11.3. The molecule has 0 aliphatic rings. The predicted octanol–water partition coefficient (Wildman–Crippen LogP) is 2.18. The van der Waals surface area contributed by atoms with Crippen LogP contribution in [0.4, 0.5) is 0 Å². The van der Waals surface area contributed by atoms with E-state index in [0.29, 0.717) is 13.1 Å². The summed E-state index contributed by atoms with van der Waals surface area (Å²) >= 11 is 0. The number of allylic oxidation sites excluding steroid dienone is 1. The number of amides is 1. The quantitative estimate of drug-likeness (QED) is 0.706. The van der Waals surface area contributed by atoms with Gasteiger partial charge in [0.05, 0.1) is 0 Å². The molecule has 0 aromatic carbocycles. The summed E-state index contributed by atoms with van der Waals surface area (Å²) in [6.45, 7) is 12.1. The van der Waals surface area contributed by atoms with Gasteiger partial charge in [-0.05, 0) is 32.2 Å². The van der Waals surface area contributed by atoms with Crippen molar-refractivity contribution in [1.29, 1.82) is 0 Å². The molecular weight excluding hydrogens is 200 g/mol. The van der Waals surface area contributed by atoms with Gasteiger partial charge in [-0.25, -0.2) is 0 Å². The summed E-state index contributed by atoms with van der Waals surface area (Å²) in [6.07, 6.45) is 2.87. The lowest BCUT2D eigenvalue weighted by Gasteiger charge is -2.31. The highest BCUT2D eigenvalue weighted by molar-refractivity contribution is 5.92. The van der Waals surface area contributed by atoms with Crippen molar-refractivity contribution in [3.05, 3.63) is 11.6 Å². The number of likely N-dealkylation sites (N-methyl/N-ethyl adjacent to an activating group) is 1. The lowest BCUT2D eigenvalue weighted by molar-refractivity contribution is -0.128. The zero-order valence-electron chi connectivity index (χ0n) is 11.3. The van der Waals surface area contributed by atoms with Crippen LogP contribution >= 0.6 is 0 Å². The first-order valence-electron chi connectivity index (χ1n) is 6.04. The van der Waals surface area contributed by atoms with E-state index in [2.05, 4.69) is 13.8 Å². The fourth-order valence-corrected chi connectivity index (χ4v) is 1.55. The summed E-state index contributed by atoms with van der Waals surface area (Å²) in [6, 6.07) is 0. The van der Waals surface area contributed by atoms with Crippen molar-refractivity contribution in [2.24, 2.45) is 11.1 Å². The zero-order chi connectivity index (χ0) is 12.8. The smallest absolute Gasteiger partial charge is 0.249 e. The molecular formula is C13H26N2O. The molecule has 0 saturated carbocycles. The molecule has 3 heteroatoms. The van der Waals surface area contributed by atoms with Crippen LogP contribution in [0.2, 0.25) is 0 Å². The van der Waals surface area contributed by atoms with E-state index in [4.69, 9.17) is 5.73 Å². The van der Waals surface area contributed by atoms with E-state index in [1.807, 2.05) is 31.7 Å². The van der Waals surface area contributed by atoms with Crippen molar-refractivity contribution < 1.29 is 4.79 Å². The van der Waals surface area contributed by atoms with Gasteiger partial charge in [0.2, 0.25) is 5.91 Å². The Balaban J connectivity index is 4.63. The molecule has 16 heavy (non-hydrogen) atoms. The van der Waals surface area contributed by atoms with Crippen LogP contribution in [0.3, 0.4) is 0 Å². The molecule has 0 saturated heterocycles. The second-order valence-electron chi connectivity index (χ2n) is 4.98. The summed E-state index contributed by atoms with van der Waals surface area (Å²) in [7, 11) is 0. The van der Waals surface area contributed by atoms with Crippen LogP contribution in [0.5, 0.6) is 0 Å². The molecule has 0 aliphatic carbocycles. The lowest BCUT2D eigenvalue weighted by Crippen LogP contribution is -2.42. The van der Waals surface area contributed by atoms with Gasteiger partial charge in [-0.3, -0.25) is 4.79 Å². The summed E-state index contributed by atoms with van der Waals surface area (Å²) in [5.74, 6) is 0.130. The van der Waals surface area contributed by atoms with Crippen molar-refractivity contribution in [1.82, 2.24) is 4.90 Å². The SMILES string of the molecule is CCC=C(C)C(=O)N(CC)CC(C)(C)CN. The predicted molar refractivity (Wildman–Crippen MR) is 69.1 cm³/mol. The number of carbonyl (C=O) groups excluding carboxylic acids is 1. The van der Waals surface area contributed by atoms with Gasteiger partial charge in [-0.15, -0.1) is 0 Å². The van der Waals surface area contributed by atoms with Crippen molar-refractivity contribution in [3.63, 3.8) is 0 Å². The average Bonchev–Trinajstić information content (AvgIpc) is 2.25. The number of carbonyl (C=O) groups is 1. The molecule has 1 amide bonds. The highest BCUT2D eigenvalue weighted by Gasteiger charge is 2.23. The minimum Gasteiger partial charge on any atom is -0.339 e. The molecule has 0 atom stereocenters. The molecule has 0 rings (SSSR count). The van der Waals surface area contributed by atoms with Gasteiger partial charge in [0, 0.05) is 18.7 Å². The lowest BCUT2D eigenvalue weighted by atomic mass is 9.93. The number of hydrogen-bond acceptors (Lipinski definition) is 2. The monoisotopic (exact) mass is 226 g/mol. The second-order valence-corrected chi connectivity index (χ2v) is 4.98. The molecule has 3 nitrogen and oxygen atoms in total. The molecule has 0 spiro atoms. The Morgan fingerprint density at radius 1 is 1.38 bits per heavy atom. The van der Waals surface area contributed by atoms with E-state index in [-0.39, 0.29) is 11.3 Å². The maximum Gasteiger partial charge on any atom is 0.249 e. The first-order valence-corrected chi connectivity index (χ1v) is 6.04. The molecule has 0 bridgehead atoms. The Kier molecular flexibility index (Phi) is 6.34. The summed E-state index contributed by atoms with van der Waals surface area (Å²) in [5, 5.41) is 0. The van der Waals surface area contributed by atoms with Crippen LogP contribution in [0, 0.1) is 5.41 Å². The van der Waals surface area contributed by atoms with Gasteiger partial charge in [0.1, 0.15) is 0 Å². The molecule has 0 unspecified atom stereocenters. The van der Waals surface area contributed by atoms with E-state index in [1.165, 1.54) is 0 Å². The van der Waals surface area contributed by atoms with Gasteiger partial charge >= 0.3 is 0 Å². The average molecular weight is 226 g/mol. The van der Waals surface area contributed by atoms with Crippen LogP contribution in [-0.2, 0) is 4.79 Å². The van der Waals surface area contributed by atoms with E-state index in [9.17, 15) is 4.79 Å². The van der Waals surface area contributed by atoms with Crippen LogP contribution in [0.1, 0.15) is 41.0 Å². The first-order chi connectivity index (χ1) is 7.37.